The van der Waals surface area contributed by atoms with Gasteiger partial charge in [0.15, 0.2) is 0 Å². The highest BCUT2D eigenvalue weighted by atomic mass is 35.5. The Labute approximate surface area is 123 Å². The largest absolute Gasteiger partial charge is 0.396 e. The molecule has 2 N–H and O–H groups in total. The van der Waals surface area contributed by atoms with Gasteiger partial charge in [-0.05, 0) is 24.1 Å². The van der Waals surface area contributed by atoms with Gasteiger partial charge in [-0.25, -0.2) is 0 Å². The maximum absolute atomic E-state index is 9.19. The molecule has 0 radical (unpaired) electrons. The summed E-state index contributed by atoms with van der Waals surface area (Å²) in [4.78, 5) is 0. The maximum atomic E-state index is 9.19. The topological polar surface area (TPSA) is 74.6 Å². The fourth-order valence-electron chi connectivity index (χ4n) is 1.33. The number of aliphatic hydroxyl groups is 1. The molecule has 7 heteroatoms. The summed E-state index contributed by atoms with van der Waals surface area (Å²) in [5, 5.41) is 10.4. The van der Waals surface area contributed by atoms with Gasteiger partial charge in [0.2, 0.25) is 0 Å². The third-order valence-electron chi connectivity index (χ3n) is 2.07. The lowest BCUT2D eigenvalue weighted by atomic mass is 9.97. The van der Waals surface area contributed by atoms with E-state index in [1.165, 1.54) is 0 Å². The van der Waals surface area contributed by atoms with Gasteiger partial charge in [-0.15, -0.1) is 6.58 Å². The number of rotatable bonds is 4. The van der Waals surface area contributed by atoms with Crippen molar-refractivity contribution in [2.24, 2.45) is 0 Å². The van der Waals surface area contributed by atoms with Crippen molar-refractivity contribution in [1.29, 1.82) is 0 Å². The lowest BCUT2D eigenvalue weighted by molar-refractivity contribution is 0.266. The zero-order valence-corrected chi connectivity index (χ0v) is 12.7. The summed E-state index contributed by atoms with van der Waals surface area (Å²) in [5.41, 5.74) is 0.915. The van der Waals surface area contributed by atoms with Gasteiger partial charge in [-0.1, -0.05) is 35.3 Å². The molecule has 0 aliphatic heterocycles. The first-order valence-electron chi connectivity index (χ1n) is 5.28. The quantitative estimate of drug-likeness (QED) is 0.658. The lowest BCUT2D eigenvalue weighted by Crippen LogP contribution is -2.03. The van der Waals surface area contributed by atoms with E-state index < -0.39 is 10.1 Å². The van der Waals surface area contributed by atoms with E-state index >= 15 is 0 Å². The third kappa shape index (κ3) is 9.02. The smallest absolute Gasteiger partial charge is 0.261 e. The summed E-state index contributed by atoms with van der Waals surface area (Å²) < 4.78 is 25.9. The van der Waals surface area contributed by atoms with Crippen molar-refractivity contribution in [3.05, 3.63) is 46.5 Å². The van der Waals surface area contributed by atoms with E-state index in [0.717, 1.165) is 5.56 Å². The predicted octanol–water partition coefficient (Wildman–Crippen LogP) is 3.15. The van der Waals surface area contributed by atoms with Crippen LogP contribution in [0, 0.1) is 0 Å². The van der Waals surface area contributed by atoms with Crippen LogP contribution in [-0.2, 0) is 10.1 Å². The molecule has 0 bridgehead atoms. The molecule has 1 aromatic rings. The van der Waals surface area contributed by atoms with Gasteiger partial charge in [0.05, 0.1) is 12.9 Å². The zero-order chi connectivity index (χ0) is 15.1. The zero-order valence-electron chi connectivity index (χ0n) is 10.4. The van der Waals surface area contributed by atoms with Gasteiger partial charge in [-0.2, -0.15) is 8.42 Å². The first-order chi connectivity index (χ1) is 8.69. The molecule has 0 aliphatic carbocycles. The average Bonchev–Trinajstić information content (AvgIpc) is 2.24. The Morgan fingerprint density at radius 1 is 1.42 bits per heavy atom. The van der Waals surface area contributed by atoms with Gasteiger partial charge in [-0.3, -0.25) is 4.55 Å². The lowest BCUT2D eigenvalue weighted by Gasteiger charge is -2.14. The van der Waals surface area contributed by atoms with Crippen LogP contribution in [0.1, 0.15) is 17.9 Å². The molecule has 4 nitrogen and oxygen atoms in total. The van der Waals surface area contributed by atoms with Gasteiger partial charge >= 0.3 is 0 Å². The van der Waals surface area contributed by atoms with Gasteiger partial charge in [0.1, 0.15) is 0 Å². The second kappa shape index (κ2) is 8.55. The highest BCUT2D eigenvalue weighted by molar-refractivity contribution is 7.85. The molecule has 0 heterocycles. The van der Waals surface area contributed by atoms with Crippen LogP contribution in [0.2, 0.25) is 10.0 Å². The van der Waals surface area contributed by atoms with Crippen LogP contribution < -0.4 is 0 Å². The molecule has 0 aromatic heterocycles. The van der Waals surface area contributed by atoms with E-state index in [9.17, 15) is 8.42 Å². The number of aliphatic hydroxyl groups excluding tert-OH is 1. The van der Waals surface area contributed by atoms with Crippen LogP contribution in [-0.4, -0.2) is 30.9 Å². The van der Waals surface area contributed by atoms with E-state index in [0.29, 0.717) is 22.7 Å². The Hall–Kier alpha value is -0.590. The fraction of sp³-hybridized carbons (Fsp3) is 0.333. The molecule has 0 spiro atoms. The number of allylic oxidation sites excluding steroid dienone is 1. The van der Waals surface area contributed by atoms with E-state index in [1.807, 2.05) is 6.07 Å². The van der Waals surface area contributed by atoms with Gasteiger partial charge < -0.3 is 5.11 Å². The second-order valence-corrected chi connectivity index (χ2v) is 6.11. The third-order valence-corrected chi connectivity index (χ3v) is 2.64. The summed E-state index contributed by atoms with van der Waals surface area (Å²) in [7, 11) is -3.67. The van der Waals surface area contributed by atoms with Crippen molar-refractivity contribution >= 4 is 33.3 Å². The normalized spacial score (nSPS) is 12.3. The van der Waals surface area contributed by atoms with Crippen LogP contribution in [0.5, 0.6) is 0 Å². The second-order valence-electron chi connectivity index (χ2n) is 3.80. The minimum absolute atomic E-state index is 0.0114. The molecule has 1 atom stereocenters. The Kier molecular flexibility index (Phi) is 8.29. The van der Waals surface area contributed by atoms with Crippen LogP contribution in [0.3, 0.4) is 0 Å². The molecule has 0 fully saturated rings. The monoisotopic (exact) mass is 326 g/mol. The summed E-state index contributed by atoms with van der Waals surface area (Å²) >= 11 is 11.8. The number of hydrogen-bond acceptors (Lipinski definition) is 3. The minimum Gasteiger partial charge on any atom is -0.396 e. The molecule has 19 heavy (non-hydrogen) atoms. The van der Waals surface area contributed by atoms with E-state index in [4.69, 9.17) is 32.9 Å². The first kappa shape index (κ1) is 18.4. The summed E-state index contributed by atoms with van der Waals surface area (Å²) in [6.45, 7) is 3.70. The summed E-state index contributed by atoms with van der Waals surface area (Å²) in [6.07, 6.45) is 3.19. The van der Waals surface area contributed by atoms with Crippen molar-refractivity contribution in [1.82, 2.24) is 0 Å². The van der Waals surface area contributed by atoms with Crippen molar-refractivity contribution in [3.63, 3.8) is 0 Å². The summed E-state index contributed by atoms with van der Waals surface area (Å²) in [5.74, 6) is 0.0114. The van der Waals surface area contributed by atoms with E-state index in [1.54, 1.807) is 18.2 Å². The molecular weight excluding hydrogens is 311 g/mol. The van der Waals surface area contributed by atoms with Crippen LogP contribution in [0.15, 0.2) is 30.9 Å². The highest BCUT2D eigenvalue weighted by Crippen LogP contribution is 2.29. The molecule has 1 rings (SSSR count). The Morgan fingerprint density at radius 2 is 1.95 bits per heavy atom. The first-order valence-corrected chi connectivity index (χ1v) is 7.88. The molecule has 1 aromatic carbocycles. The maximum Gasteiger partial charge on any atom is 0.261 e. The number of hydrogen-bond donors (Lipinski definition) is 2. The Balaban J connectivity index is 0.000000555. The van der Waals surface area contributed by atoms with Gasteiger partial charge in [0, 0.05) is 16.0 Å². The molecule has 0 aliphatic rings. The standard InChI is InChI=1S/C11H12Cl2O.CH4O3S/c1-2-3-8(7-14)10-5-4-9(12)6-11(10)13;1-5(2,3)4/h2,4-6,8,14H,1,3,7H2;1H3,(H,2,3,4). The van der Waals surface area contributed by atoms with Gasteiger partial charge in [0.25, 0.3) is 10.1 Å². The molecule has 0 saturated carbocycles. The van der Waals surface area contributed by atoms with Crippen LogP contribution in [0.4, 0.5) is 0 Å². The number of halogens is 2. The Bertz CT molecular complexity index is 506. The minimum atomic E-state index is -3.67. The average molecular weight is 327 g/mol. The predicted molar refractivity (Wildman–Crippen MR) is 78.6 cm³/mol. The van der Waals surface area contributed by atoms with E-state index in [2.05, 4.69) is 6.58 Å². The molecule has 0 amide bonds. The molecular formula is C12H16Cl2O4S. The fourth-order valence-corrected chi connectivity index (χ4v) is 1.90. The van der Waals surface area contributed by atoms with Crippen molar-refractivity contribution in [2.45, 2.75) is 12.3 Å². The highest BCUT2D eigenvalue weighted by Gasteiger charge is 2.12. The van der Waals surface area contributed by atoms with Crippen LogP contribution >= 0.6 is 23.2 Å². The Morgan fingerprint density at radius 3 is 2.32 bits per heavy atom. The number of benzene rings is 1. The molecule has 1 unspecified atom stereocenters. The van der Waals surface area contributed by atoms with Crippen molar-refractivity contribution in [3.8, 4) is 0 Å². The van der Waals surface area contributed by atoms with Crippen molar-refractivity contribution in [2.75, 3.05) is 12.9 Å². The molecule has 108 valence electrons. The SMILES string of the molecule is C=CCC(CO)c1ccc(Cl)cc1Cl.CS(=O)(=O)O. The van der Waals surface area contributed by atoms with Crippen LogP contribution in [0.25, 0.3) is 0 Å². The van der Waals surface area contributed by atoms with E-state index in [-0.39, 0.29) is 12.5 Å². The molecule has 0 saturated heterocycles. The van der Waals surface area contributed by atoms with Crippen molar-refractivity contribution < 1.29 is 18.1 Å². The summed E-state index contributed by atoms with van der Waals surface area (Å²) in [6, 6.07) is 5.30.